The average molecular weight is 722 g/mol. The SMILES string of the molecule is CN1CCN(C(=O)c2cn3c4c(c(N5CC[C@@H](NC(=O)CNCCC6CCCN6C)C5)c(F)cc4c2=O)Oc2cc4c(cc2-3)oc2ccccc24)CC1. The number of carbonyl (C=O) groups excluding carboxylic acids is 2. The van der Waals surface area contributed by atoms with E-state index in [1.165, 1.54) is 18.9 Å². The molecule has 2 aromatic heterocycles. The van der Waals surface area contributed by atoms with E-state index in [2.05, 4.69) is 27.5 Å². The van der Waals surface area contributed by atoms with Crippen LogP contribution in [0.15, 0.2) is 57.9 Å². The highest BCUT2D eigenvalue weighted by Crippen LogP contribution is 2.49. The Morgan fingerprint density at radius 2 is 1.77 bits per heavy atom. The Kier molecular flexibility index (Phi) is 8.59. The summed E-state index contributed by atoms with van der Waals surface area (Å²) in [6.07, 6.45) is 5.63. The zero-order valence-electron chi connectivity index (χ0n) is 30.1. The van der Waals surface area contributed by atoms with Gasteiger partial charge in [-0.2, -0.15) is 0 Å². The highest BCUT2D eigenvalue weighted by molar-refractivity contribution is 6.07. The number of aromatic nitrogens is 1. The maximum Gasteiger partial charge on any atom is 0.259 e. The number of piperazine rings is 1. The van der Waals surface area contributed by atoms with Crippen molar-refractivity contribution in [3.05, 3.63) is 70.3 Å². The molecule has 0 bridgehead atoms. The van der Waals surface area contributed by atoms with Crippen LogP contribution in [0.2, 0.25) is 0 Å². The second-order valence-electron chi connectivity index (χ2n) is 15.0. The largest absolute Gasteiger partial charge is 0.456 e. The van der Waals surface area contributed by atoms with Gasteiger partial charge in [0.15, 0.2) is 17.3 Å². The molecule has 0 spiro atoms. The van der Waals surface area contributed by atoms with E-state index in [9.17, 15) is 14.4 Å². The van der Waals surface area contributed by atoms with E-state index in [4.69, 9.17) is 9.15 Å². The van der Waals surface area contributed by atoms with Crippen LogP contribution in [0.5, 0.6) is 11.5 Å². The first-order chi connectivity index (χ1) is 25.7. The third-order valence-electron chi connectivity index (χ3n) is 11.6. The molecule has 0 aliphatic carbocycles. The smallest absolute Gasteiger partial charge is 0.259 e. The fourth-order valence-electron chi connectivity index (χ4n) is 8.62. The minimum Gasteiger partial charge on any atom is -0.456 e. The summed E-state index contributed by atoms with van der Waals surface area (Å²) >= 11 is 0. The predicted molar refractivity (Wildman–Crippen MR) is 202 cm³/mol. The molecule has 276 valence electrons. The molecule has 6 heterocycles. The molecule has 9 rings (SSSR count). The molecule has 13 heteroatoms. The number of nitrogens with zero attached hydrogens (tertiary/aromatic N) is 5. The molecule has 53 heavy (non-hydrogen) atoms. The topological polar surface area (TPSA) is 116 Å². The molecular weight excluding hydrogens is 677 g/mol. The Hall–Kier alpha value is -4.98. The predicted octanol–water partition coefficient (Wildman–Crippen LogP) is 4.29. The van der Waals surface area contributed by atoms with Crippen LogP contribution >= 0.6 is 0 Å². The number of rotatable bonds is 8. The molecule has 5 aromatic rings. The van der Waals surface area contributed by atoms with Gasteiger partial charge in [0.2, 0.25) is 11.3 Å². The van der Waals surface area contributed by atoms with Crippen molar-refractivity contribution in [2.75, 3.05) is 77.9 Å². The number of carbonyl (C=O) groups is 2. The number of benzene rings is 3. The summed E-state index contributed by atoms with van der Waals surface area (Å²) in [5.41, 5.74) is 1.96. The molecule has 0 saturated carbocycles. The van der Waals surface area contributed by atoms with Gasteiger partial charge in [0.05, 0.1) is 17.6 Å². The fourth-order valence-corrected chi connectivity index (χ4v) is 8.62. The van der Waals surface area contributed by atoms with Crippen LogP contribution in [-0.2, 0) is 4.79 Å². The third kappa shape index (κ3) is 6.00. The second-order valence-corrected chi connectivity index (χ2v) is 15.0. The standard InChI is InChI=1S/C40H44FN7O5/c1-44-14-16-46(17-15-44)40(51)29-23-48-31-20-33-27(26-7-3-4-8-32(26)52-33)19-34(31)53-39-36(48)28(38(29)50)18-30(41)37(39)47-13-10-24(22-47)43-35(49)21-42-11-9-25-6-5-12-45(25)2/h3-4,7-8,18-20,23-25,42H,5-6,9-17,21-22H2,1-2H3,(H,43,49)/t24-,25?/m1/s1. The number of hydrogen-bond donors (Lipinski definition) is 2. The second kappa shape index (κ2) is 13.5. The molecular formula is C40H44FN7O5. The van der Waals surface area contributed by atoms with Crippen LogP contribution < -0.4 is 25.7 Å². The van der Waals surface area contributed by atoms with Gasteiger partial charge in [-0.1, -0.05) is 18.2 Å². The van der Waals surface area contributed by atoms with E-state index >= 15 is 4.39 Å². The number of furan rings is 1. The van der Waals surface area contributed by atoms with Crippen molar-refractivity contribution in [2.45, 2.75) is 37.8 Å². The summed E-state index contributed by atoms with van der Waals surface area (Å²) in [7, 11) is 4.15. The monoisotopic (exact) mass is 721 g/mol. The van der Waals surface area contributed by atoms with Crippen LogP contribution in [0, 0.1) is 5.82 Å². The van der Waals surface area contributed by atoms with Crippen LogP contribution in [0.3, 0.4) is 0 Å². The molecule has 1 unspecified atom stereocenters. The van der Waals surface area contributed by atoms with E-state index in [1.807, 2.05) is 48.3 Å². The summed E-state index contributed by atoms with van der Waals surface area (Å²) in [5, 5.41) is 8.21. The summed E-state index contributed by atoms with van der Waals surface area (Å²) in [6.45, 7) is 5.35. The Morgan fingerprint density at radius 3 is 2.58 bits per heavy atom. The third-order valence-corrected chi connectivity index (χ3v) is 11.6. The first kappa shape index (κ1) is 33.8. The van der Waals surface area contributed by atoms with Crippen molar-refractivity contribution in [3.63, 3.8) is 0 Å². The molecule has 2 atom stereocenters. The lowest BCUT2D eigenvalue weighted by Gasteiger charge is -2.33. The van der Waals surface area contributed by atoms with Gasteiger partial charge in [0.25, 0.3) is 5.91 Å². The van der Waals surface area contributed by atoms with E-state index in [0.717, 1.165) is 30.3 Å². The Morgan fingerprint density at radius 1 is 0.943 bits per heavy atom. The number of nitrogens with one attached hydrogen (secondary N) is 2. The van der Waals surface area contributed by atoms with E-state index in [0.29, 0.717) is 79.9 Å². The molecule has 2 amide bonds. The lowest BCUT2D eigenvalue weighted by atomic mass is 10.0. The van der Waals surface area contributed by atoms with Gasteiger partial charge in [-0.25, -0.2) is 4.39 Å². The summed E-state index contributed by atoms with van der Waals surface area (Å²) in [4.78, 5) is 49.1. The molecule has 3 saturated heterocycles. The number of likely N-dealkylation sites (tertiary alicyclic amines) is 1. The maximum atomic E-state index is 16.5. The van der Waals surface area contributed by atoms with Gasteiger partial charge in [-0.05, 0) is 71.1 Å². The van der Waals surface area contributed by atoms with Crippen molar-refractivity contribution < 1.29 is 23.1 Å². The van der Waals surface area contributed by atoms with E-state index < -0.39 is 11.2 Å². The van der Waals surface area contributed by atoms with Crippen molar-refractivity contribution in [2.24, 2.45) is 0 Å². The fraction of sp³-hybridized carbons (Fsp3) is 0.425. The molecule has 3 fully saturated rings. The number of para-hydroxylation sites is 1. The first-order valence-electron chi connectivity index (χ1n) is 18.7. The normalized spacial score (nSPS) is 20.4. The minimum atomic E-state index is -0.621. The average Bonchev–Trinajstić information content (AvgIpc) is 3.88. The van der Waals surface area contributed by atoms with Gasteiger partial charge in [-0.3, -0.25) is 14.4 Å². The molecule has 12 nitrogen and oxygen atoms in total. The number of ether oxygens (including phenoxy) is 1. The number of hydrogen-bond acceptors (Lipinski definition) is 9. The van der Waals surface area contributed by atoms with Gasteiger partial charge in [0.1, 0.15) is 27.9 Å². The highest BCUT2D eigenvalue weighted by Gasteiger charge is 2.35. The number of fused-ring (bicyclic) bond motifs is 5. The molecule has 4 aliphatic heterocycles. The molecule has 2 N–H and O–H groups in total. The Balaban J connectivity index is 1.05. The van der Waals surface area contributed by atoms with Crippen LogP contribution in [0.4, 0.5) is 10.1 Å². The van der Waals surface area contributed by atoms with Crippen LogP contribution in [0.1, 0.15) is 36.0 Å². The summed E-state index contributed by atoms with van der Waals surface area (Å²) < 4.78 is 31.2. The number of likely N-dealkylation sites (N-methyl/N-ethyl adjacent to an activating group) is 1. The number of halogens is 1. The van der Waals surface area contributed by atoms with Gasteiger partial charge in [-0.15, -0.1) is 0 Å². The summed E-state index contributed by atoms with van der Waals surface area (Å²) in [5.74, 6) is -0.434. The number of anilines is 1. The summed E-state index contributed by atoms with van der Waals surface area (Å²) in [6, 6.07) is 13.1. The van der Waals surface area contributed by atoms with Crippen molar-refractivity contribution in [1.29, 1.82) is 0 Å². The van der Waals surface area contributed by atoms with Gasteiger partial charge >= 0.3 is 0 Å². The van der Waals surface area contributed by atoms with Gasteiger partial charge < -0.3 is 44.0 Å². The zero-order chi connectivity index (χ0) is 36.4. The minimum absolute atomic E-state index is 0.0227. The highest BCUT2D eigenvalue weighted by atomic mass is 19.1. The molecule has 4 aliphatic rings. The maximum absolute atomic E-state index is 16.5. The van der Waals surface area contributed by atoms with E-state index in [1.54, 1.807) is 15.7 Å². The number of amides is 2. The number of pyridine rings is 1. The van der Waals surface area contributed by atoms with Crippen molar-refractivity contribution >= 4 is 50.3 Å². The first-order valence-corrected chi connectivity index (χ1v) is 18.7. The van der Waals surface area contributed by atoms with Crippen LogP contribution in [0.25, 0.3) is 38.5 Å². The molecule has 0 radical (unpaired) electrons. The molecule has 3 aromatic carbocycles. The lowest BCUT2D eigenvalue weighted by Crippen LogP contribution is -2.48. The zero-order valence-corrected chi connectivity index (χ0v) is 30.1. The van der Waals surface area contributed by atoms with Crippen molar-refractivity contribution in [1.82, 2.24) is 29.9 Å². The lowest BCUT2D eigenvalue weighted by molar-refractivity contribution is -0.120. The Bertz CT molecular complexity index is 2330. The van der Waals surface area contributed by atoms with E-state index in [-0.39, 0.29) is 46.8 Å². The van der Waals surface area contributed by atoms with Crippen molar-refractivity contribution in [3.8, 4) is 17.2 Å². The quantitative estimate of drug-likeness (QED) is 0.222. The van der Waals surface area contributed by atoms with Gasteiger partial charge in [0, 0.05) is 74.4 Å². The Labute approximate surface area is 306 Å². The van der Waals surface area contributed by atoms with Crippen LogP contribution in [-0.4, -0.2) is 116 Å².